The van der Waals surface area contributed by atoms with E-state index in [9.17, 15) is 4.79 Å². The third-order valence-electron chi connectivity index (χ3n) is 6.39. The van der Waals surface area contributed by atoms with Gasteiger partial charge in [0.25, 0.3) is 5.56 Å². The average molecular weight is 414 g/mol. The molecule has 2 heterocycles. The van der Waals surface area contributed by atoms with Gasteiger partial charge in [0.05, 0.1) is 18.2 Å². The molecule has 29 heavy (non-hydrogen) atoms. The van der Waals surface area contributed by atoms with Crippen molar-refractivity contribution < 1.29 is 4.74 Å². The Morgan fingerprint density at radius 3 is 2.69 bits per heavy atom. The van der Waals surface area contributed by atoms with Crippen molar-refractivity contribution in [2.24, 2.45) is 0 Å². The first-order valence-corrected chi connectivity index (χ1v) is 11.2. The van der Waals surface area contributed by atoms with Crippen molar-refractivity contribution >= 4 is 28.2 Å². The second-order valence-electron chi connectivity index (χ2n) is 8.50. The minimum absolute atomic E-state index is 0.0175. The molecule has 1 atom stereocenters. The lowest BCUT2D eigenvalue weighted by molar-refractivity contribution is 0.113. The van der Waals surface area contributed by atoms with Crippen LogP contribution in [-0.2, 0) is 11.3 Å². The summed E-state index contributed by atoms with van der Waals surface area (Å²) in [4.78, 5) is 18.2. The van der Waals surface area contributed by atoms with Crippen LogP contribution in [0.5, 0.6) is 0 Å². The molecule has 0 bridgehead atoms. The maximum Gasteiger partial charge on any atom is 0.253 e. The van der Waals surface area contributed by atoms with Crippen LogP contribution in [0.25, 0.3) is 10.9 Å². The number of pyridine rings is 1. The van der Waals surface area contributed by atoms with Crippen LogP contribution in [0.3, 0.4) is 0 Å². The third-order valence-corrected chi connectivity index (χ3v) is 6.77. The van der Waals surface area contributed by atoms with Crippen LogP contribution in [-0.4, -0.2) is 40.3 Å². The third kappa shape index (κ3) is 4.48. The largest absolute Gasteiger partial charge is 0.376 e. The van der Waals surface area contributed by atoms with Crippen molar-refractivity contribution in [3.63, 3.8) is 0 Å². The second kappa shape index (κ2) is 8.84. The molecule has 0 spiro atoms. The molecule has 2 N–H and O–H groups in total. The lowest BCUT2D eigenvalue weighted by Gasteiger charge is -2.32. The summed E-state index contributed by atoms with van der Waals surface area (Å²) >= 11 is 5.78. The van der Waals surface area contributed by atoms with Gasteiger partial charge >= 0.3 is 0 Å². The van der Waals surface area contributed by atoms with Crippen molar-refractivity contribution in [3.05, 3.63) is 45.2 Å². The summed E-state index contributed by atoms with van der Waals surface area (Å²) in [7, 11) is 0. The Morgan fingerprint density at radius 2 is 1.97 bits per heavy atom. The number of hydrogen-bond acceptors (Lipinski definition) is 3. The van der Waals surface area contributed by atoms with Crippen LogP contribution in [0.15, 0.2) is 23.0 Å². The van der Waals surface area contributed by atoms with Crippen molar-refractivity contribution in [2.75, 3.05) is 13.2 Å². The van der Waals surface area contributed by atoms with Crippen LogP contribution in [0.2, 0.25) is 0 Å². The maximum atomic E-state index is 12.9. The molecular formula is C23H31N3O2S. The fourth-order valence-electron chi connectivity index (χ4n) is 4.61. The molecule has 0 radical (unpaired) electrons. The van der Waals surface area contributed by atoms with E-state index in [0.717, 1.165) is 66.0 Å². The number of aromatic nitrogens is 1. The molecule has 1 aliphatic carbocycles. The van der Waals surface area contributed by atoms with Crippen molar-refractivity contribution in [2.45, 2.75) is 71.1 Å². The summed E-state index contributed by atoms with van der Waals surface area (Å²) in [6.07, 6.45) is 7.16. The van der Waals surface area contributed by atoms with Gasteiger partial charge in [0, 0.05) is 30.1 Å². The van der Waals surface area contributed by atoms with Gasteiger partial charge in [-0.05, 0) is 68.9 Å². The van der Waals surface area contributed by atoms with E-state index in [1.807, 2.05) is 6.92 Å². The molecule has 5 nitrogen and oxygen atoms in total. The normalized spacial score (nSPS) is 19.7. The Bertz CT molecular complexity index is 943. The highest BCUT2D eigenvalue weighted by molar-refractivity contribution is 7.80. The van der Waals surface area contributed by atoms with Gasteiger partial charge in [0.2, 0.25) is 0 Å². The highest BCUT2D eigenvalue weighted by atomic mass is 32.1. The molecule has 1 aliphatic heterocycles. The summed E-state index contributed by atoms with van der Waals surface area (Å²) in [5, 5.41) is 5.28. The van der Waals surface area contributed by atoms with E-state index in [2.05, 4.69) is 40.3 Å². The molecule has 4 rings (SSSR count). The van der Waals surface area contributed by atoms with Gasteiger partial charge < -0.3 is 19.9 Å². The summed E-state index contributed by atoms with van der Waals surface area (Å²) in [6, 6.07) is 6.62. The van der Waals surface area contributed by atoms with Crippen molar-refractivity contribution in [1.82, 2.24) is 15.2 Å². The van der Waals surface area contributed by atoms with Crippen LogP contribution in [0.1, 0.15) is 55.2 Å². The van der Waals surface area contributed by atoms with Crippen molar-refractivity contribution in [1.29, 1.82) is 0 Å². The predicted molar refractivity (Wildman–Crippen MR) is 121 cm³/mol. The fourth-order valence-corrected chi connectivity index (χ4v) is 4.91. The van der Waals surface area contributed by atoms with Gasteiger partial charge in [0.15, 0.2) is 5.11 Å². The molecule has 1 saturated heterocycles. The molecule has 2 aliphatic rings. The summed E-state index contributed by atoms with van der Waals surface area (Å²) in [6.45, 7) is 6.25. The van der Waals surface area contributed by atoms with Gasteiger partial charge in [-0.3, -0.25) is 4.79 Å². The zero-order chi connectivity index (χ0) is 20.4. The Hall–Kier alpha value is -1.92. The number of aromatic amines is 1. The van der Waals surface area contributed by atoms with E-state index in [4.69, 9.17) is 17.0 Å². The van der Waals surface area contributed by atoms with Gasteiger partial charge in [0.1, 0.15) is 0 Å². The molecular weight excluding hydrogens is 382 g/mol. The number of nitrogens with zero attached hydrogens (tertiary/aromatic N) is 1. The number of benzene rings is 1. The van der Waals surface area contributed by atoms with Gasteiger partial charge in [-0.15, -0.1) is 0 Å². The second-order valence-corrected chi connectivity index (χ2v) is 8.89. The highest BCUT2D eigenvalue weighted by Gasteiger charge is 2.26. The van der Waals surface area contributed by atoms with Crippen molar-refractivity contribution in [3.8, 4) is 0 Å². The fraction of sp³-hybridized carbons (Fsp3) is 0.565. The smallest absolute Gasteiger partial charge is 0.253 e. The average Bonchev–Trinajstić information content (AvgIpc) is 3.42. The predicted octanol–water partition coefficient (Wildman–Crippen LogP) is 3.94. The van der Waals surface area contributed by atoms with E-state index in [1.165, 1.54) is 18.4 Å². The molecule has 6 heteroatoms. The minimum atomic E-state index is -0.0175. The zero-order valence-electron chi connectivity index (χ0n) is 17.4. The summed E-state index contributed by atoms with van der Waals surface area (Å²) in [5.74, 6) is 0. The van der Waals surface area contributed by atoms with E-state index < -0.39 is 0 Å². The molecule has 2 fully saturated rings. The number of fused-ring (bicyclic) bond motifs is 1. The number of hydrogen-bond donors (Lipinski definition) is 2. The summed E-state index contributed by atoms with van der Waals surface area (Å²) in [5.41, 5.74) is 3.96. The first-order valence-electron chi connectivity index (χ1n) is 10.8. The SMILES string of the molecule is Cc1ccc(C)c2[nH]c(=O)c(CN(C(=S)NCC3CCCO3)C3CCCC3)cc12. The van der Waals surface area contributed by atoms with Gasteiger partial charge in [-0.2, -0.15) is 0 Å². The lowest BCUT2D eigenvalue weighted by atomic mass is 10.0. The molecule has 1 aromatic carbocycles. The number of rotatable bonds is 5. The van der Waals surface area contributed by atoms with E-state index in [-0.39, 0.29) is 11.7 Å². The zero-order valence-corrected chi connectivity index (χ0v) is 18.2. The Morgan fingerprint density at radius 1 is 1.21 bits per heavy atom. The van der Waals surface area contributed by atoms with Crippen LogP contribution in [0.4, 0.5) is 0 Å². The van der Waals surface area contributed by atoms with Crippen LogP contribution >= 0.6 is 12.2 Å². The maximum absolute atomic E-state index is 12.9. The lowest BCUT2D eigenvalue weighted by Crippen LogP contribution is -2.47. The highest BCUT2D eigenvalue weighted by Crippen LogP contribution is 2.26. The number of aryl methyl sites for hydroxylation is 2. The van der Waals surface area contributed by atoms with Crippen LogP contribution in [0, 0.1) is 13.8 Å². The first kappa shape index (κ1) is 20.4. The van der Waals surface area contributed by atoms with Crippen LogP contribution < -0.4 is 10.9 Å². The van der Waals surface area contributed by atoms with E-state index in [0.29, 0.717) is 12.6 Å². The molecule has 1 unspecified atom stereocenters. The van der Waals surface area contributed by atoms with Gasteiger partial charge in [-0.25, -0.2) is 0 Å². The summed E-state index contributed by atoms with van der Waals surface area (Å²) < 4.78 is 5.72. The molecule has 2 aromatic rings. The quantitative estimate of drug-likeness (QED) is 0.727. The van der Waals surface area contributed by atoms with E-state index >= 15 is 0 Å². The number of ether oxygens (including phenoxy) is 1. The Labute approximate surface area is 177 Å². The van der Waals surface area contributed by atoms with E-state index in [1.54, 1.807) is 0 Å². The standard InChI is InChI=1S/C23H31N3O2S/c1-15-9-10-16(2)21-20(15)12-17(22(27)25-21)14-26(18-6-3-4-7-18)23(29)24-13-19-8-5-11-28-19/h9-10,12,18-19H,3-8,11,13-14H2,1-2H3,(H,24,29)(H,25,27). The number of thiocarbonyl (C=S) groups is 1. The minimum Gasteiger partial charge on any atom is -0.376 e. The molecule has 1 saturated carbocycles. The molecule has 0 amide bonds. The molecule has 156 valence electrons. The monoisotopic (exact) mass is 413 g/mol. The number of nitrogens with one attached hydrogen (secondary N) is 2. The Balaban J connectivity index is 1.58. The van der Waals surface area contributed by atoms with Gasteiger partial charge in [-0.1, -0.05) is 25.0 Å². The Kier molecular flexibility index (Phi) is 6.20. The number of H-pyrrole nitrogens is 1. The molecule has 1 aromatic heterocycles. The topological polar surface area (TPSA) is 57.4 Å². The first-order chi connectivity index (χ1) is 14.0.